The summed E-state index contributed by atoms with van der Waals surface area (Å²) in [5, 5.41) is 3.37. The predicted octanol–water partition coefficient (Wildman–Crippen LogP) is 4.30. The van der Waals surface area contributed by atoms with E-state index in [1.807, 2.05) is 0 Å². The van der Waals surface area contributed by atoms with Gasteiger partial charge in [0.2, 0.25) is 10.0 Å². The molecule has 1 N–H and O–H groups in total. The highest BCUT2D eigenvalue weighted by Crippen LogP contribution is 2.29. The Morgan fingerprint density at radius 3 is 2.33 bits per heavy atom. The van der Waals surface area contributed by atoms with Crippen LogP contribution in [0.1, 0.15) is 6.92 Å². The average Bonchev–Trinajstić information content (AvgIpc) is 2.59. The quantitative estimate of drug-likeness (QED) is 0.710. The molecule has 0 aliphatic rings. The molecule has 0 bridgehead atoms. The molecule has 0 saturated heterocycles. The van der Waals surface area contributed by atoms with Gasteiger partial charge in [-0.1, -0.05) is 34.8 Å². The van der Waals surface area contributed by atoms with Gasteiger partial charge in [0, 0.05) is 30.9 Å². The molecule has 0 aromatic heterocycles. The number of nitrogens with zero attached hydrogens (tertiary/aromatic N) is 1. The molecular formula is C17H17Cl3N2O4S. The number of sulfonamides is 1. The van der Waals surface area contributed by atoms with E-state index in [-0.39, 0.29) is 21.4 Å². The van der Waals surface area contributed by atoms with Crippen LogP contribution < -0.4 is 10.1 Å². The molecule has 2 aromatic carbocycles. The lowest BCUT2D eigenvalue weighted by molar-refractivity contribution is -0.122. The monoisotopic (exact) mass is 450 g/mol. The maximum absolute atomic E-state index is 12.4. The van der Waals surface area contributed by atoms with Crippen molar-refractivity contribution in [1.82, 2.24) is 4.31 Å². The number of carbonyl (C=O) groups is 1. The fourth-order valence-electron chi connectivity index (χ4n) is 2.03. The lowest BCUT2D eigenvalue weighted by Gasteiger charge is -2.17. The summed E-state index contributed by atoms with van der Waals surface area (Å²) in [5.74, 6) is -0.236. The highest BCUT2D eigenvalue weighted by molar-refractivity contribution is 7.89. The normalized spacial score (nSPS) is 12.7. The minimum Gasteiger partial charge on any atom is -0.479 e. The van der Waals surface area contributed by atoms with Gasteiger partial charge >= 0.3 is 0 Å². The number of amides is 1. The van der Waals surface area contributed by atoms with E-state index in [0.29, 0.717) is 10.0 Å². The third-order valence-corrected chi connectivity index (χ3v) is 6.37. The Hall–Kier alpha value is -1.51. The van der Waals surface area contributed by atoms with Gasteiger partial charge in [0.05, 0.1) is 10.0 Å². The Kier molecular flexibility index (Phi) is 6.99. The molecule has 0 spiro atoms. The molecule has 1 unspecified atom stereocenters. The number of nitrogens with one attached hydrogen (secondary N) is 1. The Morgan fingerprint density at radius 1 is 1.07 bits per heavy atom. The molecule has 6 nitrogen and oxygen atoms in total. The van der Waals surface area contributed by atoms with Gasteiger partial charge in [0.1, 0.15) is 10.6 Å². The number of hydrogen-bond acceptors (Lipinski definition) is 4. The molecule has 10 heteroatoms. The Labute approximate surface area is 173 Å². The van der Waals surface area contributed by atoms with Crippen molar-refractivity contribution in [1.29, 1.82) is 0 Å². The van der Waals surface area contributed by atoms with Crippen molar-refractivity contribution < 1.29 is 17.9 Å². The minimum atomic E-state index is -3.76. The second-order valence-electron chi connectivity index (χ2n) is 5.76. The van der Waals surface area contributed by atoms with Crippen molar-refractivity contribution in [3.63, 3.8) is 0 Å². The van der Waals surface area contributed by atoms with Crippen LogP contribution in [0.4, 0.5) is 5.69 Å². The summed E-state index contributed by atoms with van der Waals surface area (Å²) < 4.78 is 31.2. The first kappa shape index (κ1) is 21.8. The highest BCUT2D eigenvalue weighted by Gasteiger charge is 2.22. The molecule has 0 aliphatic heterocycles. The first-order valence-electron chi connectivity index (χ1n) is 7.67. The largest absolute Gasteiger partial charge is 0.479 e. The number of anilines is 1. The van der Waals surface area contributed by atoms with Gasteiger partial charge in [-0.15, -0.1) is 0 Å². The van der Waals surface area contributed by atoms with Crippen molar-refractivity contribution in [3.8, 4) is 5.75 Å². The highest BCUT2D eigenvalue weighted by atomic mass is 35.5. The number of hydrogen-bond donors (Lipinski definition) is 1. The van der Waals surface area contributed by atoms with Gasteiger partial charge in [0.15, 0.2) is 6.10 Å². The zero-order valence-electron chi connectivity index (χ0n) is 14.7. The summed E-state index contributed by atoms with van der Waals surface area (Å²) in [5.41, 5.74) is 0.262. The smallest absolute Gasteiger partial charge is 0.265 e. The van der Waals surface area contributed by atoms with Crippen LogP contribution in [0.15, 0.2) is 41.3 Å². The Balaban J connectivity index is 2.19. The molecule has 0 saturated carbocycles. The fourth-order valence-corrected chi connectivity index (χ4v) is 3.75. The van der Waals surface area contributed by atoms with Gasteiger partial charge in [-0.25, -0.2) is 12.7 Å². The van der Waals surface area contributed by atoms with Gasteiger partial charge in [-0.05, 0) is 37.3 Å². The number of benzene rings is 2. The molecule has 1 atom stereocenters. The topological polar surface area (TPSA) is 75.7 Å². The molecule has 146 valence electrons. The fraction of sp³-hybridized carbons (Fsp3) is 0.235. The predicted molar refractivity (Wildman–Crippen MR) is 108 cm³/mol. The molecular weight excluding hydrogens is 435 g/mol. The standard InChI is InChI=1S/C17H17Cl3N2O4S/c1-10(26-15-8-11(18)4-6-13(15)19)17(23)21-12-5-7-14(20)16(9-12)27(24,25)22(2)3/h4-10H,1-3H3,(H,21,23). The second kappa shape index (κ2) is 8.67. The number of carbonyl (C=O) groups excluding carboxylic acids is 1. The van der Waals surface area contributed by atoms with E-state index in [1.54, 1.807) is 12.1 Å². The molecule has 0 heterocycles. The molecule has 0 aliphatic carbocycles. The third-order valence-electron chi connectivity index (χ3n) is 3.52. The van der Waals surface area contributed by atoms with Crippen LogP contribution in [0, 0.1) is 0 Å². The summed E-state index contributed by atoms with van der Waals surface area (Å²) in [4.78, 5) is 12.3. The van der Waals surface area contributed by atoms with Crippen LogP contribution in [0.5, 0.6) is 5.75 Å². The lowest BCUT2D eigenvalue weighted by Crippen LogP contribution is -2.30. The van der Waals surface area contributed by atoms with Crippen LogP contribution in [0.3, 0.4) is 0 Å². The lowest BCUT2D eigenvalue weighted by atomic mass is 10.3. The van der Waals surface area contributed by atoms with Crippen LogP contribution in [0.2, 0.25) is 15.1 Å². The number of rotatable bonds is 6. The zero-order valence-corrected chi connectivity index (χ0v) is 17.7. The van der Waals surface area contributed by atoms with E-state index in [2.05, 4.69) is 5.32 Å². The number of halogens is 3. The first-order valence-corrected chi connectivity index (χ1v) is 10.2. The molecule has 2 rings (SSSR count). The van der Waals surface area contributed by atoms with Crippen LogP contribution >= 0.6 is 34.8 Å². The molecule has 0 fully saturated rings. The van der Waals surface area contributed by atoms with Crippen molar-refractivity contribution in [2.75, 3.05) is 19.4 Å². The molecule has 1 amide bonds. The van der Waals surface area contributed by atoms with Crippen LogP contribution in [-0.2, 0) is 14.8 Å². The second-order valence-corrected chi connectivity index (χ2v) is 9.13. The summed E-state index contributed by atoms with van der Waals surface area (Å²) >= 11 is 17.9. The van der Waals surface area contributed by atoms with Crippen LogP contribution in [0.25, 0.3) is 0 Å². The van der Waals surface area contributed by atoms with E-state index in [1.165, 1.54) is 45.3 Å². The van der Waals surface area contributed by atoms with E-state index in [9.17, 15) is 13.2 Å². The zero-order chi connectivity index (χ0) is 20.4. The van der Waals surface area contributed by atoms with Gasteiger partial charge in [0.25, 0.3) is 5.91 Å². The maximum atomic E-state index is 12.4. The maximum Gasteiger partial charge on any atom is 0.265 e. The summed E-state index contributed by atoms with van der Waals surface area (Å²) in [7, 11) is -0.977. The number of ether oxygens (including phenoxy) is 1. The molecule has 0 radical (unpaired) electrons. The van der Waals surface area contributed by atoms with Gasteiger partial charge < -0.3 is 10.1 Å². The average molecular weight is 452 g/mol. The van der Waals surface area contributed by atoms with Gasteiger partial charge in [-0.3, -0.25) is 4.79 Å². The van der Waals surface area contributed by atoms with E-state index in [0.717, 1.165) is 4.31 Å². The Morgan fingerprint density at radius 2 is 1.70 bits per heavy atom. The van der Waals surface area contributed by atoms with Crippen molar-refractivity contribution >= 4 is 56.4 Å². The molecule has 27 heavy (non-hydrogen) atoms. The molecule has 2 aromatic rings. The summed E-state index contributed by atoms with van der Waals surface area (Å²) in [6, 6.07) is 8.83. The minimum absolute atomic E-state index is 0.0525. The van der Waals surface area contributed by atoms with Crippen molar-refractivity contribution in [3.05, 3.63) is 51.5 Å². The van der Waals surface area contributed by atoms with E-state index < -0.39 is 22.0 Å². The van der Waals surface area contributed by atoms with E-state index >= 15 is 0 Å². The van der Waals surface area contributed by atoms with Crippen molar-refractivity contribution in [2.45, 2.75) is 17.9 Å². The Bertz CT molecular complexity index is 965. The summed E-state index contributed by atoms with van der Waals surface area (Å²) in [6.07, 6.45) is -0.912. The van der Waals surface area contributed by atoms with Crippen LogP contribution in [-0.4, -0.2) is 38.8 Å². The third kappa shape index (κ3) is 5.27. The first-order chi connectivity index (χ1) is 12.5. The van der Waals surface area contributed by atoms with Crippen molar-refractivity contribution in [2.24, 2.45) is 0 Å². The van der Waals surface area contributed by atoms with Gasteiger partial charge in [-0.2, -0.15) is 0 Å². The SMILES string of the molecule is CC(Oc1cc(Cl)ccc1Cl)C(=O)Nc1ccc(Cl)c(S(=O)(=O)N(C)C)c1. The summed E-state index contributed by atoms with van der Waals surface area (Å²) in [6.45, 7) is 1.53. The van der Waals surface area contributed by atoms with E-state index in [4.69, 9.17) is 39.5 Å².